The van der Waals surface area contributed by atoms with Crippen LogP contribution in [0.3, 0.4) is 0 Å². The number of likely N-dealkylation sites (N-methyl/N-ethyl adjacent to an activating group) is 1. The number of alkyl halides is 3. The molecular formula is C17H24F3N3O2. The zero-order valence-corrected chi connectivity index (χ0v) is 14.6. The van der Waals surface area contributed by atoms with Gasteiger partial charge in [-0.2, -0.15) is 13.2 Å². The minimum absolute atomic E-state index is 0.00909. The quantitative estimate of drug-likeness (QED) is 0.750. The summed E-state index contributed by atoms with van der Waals surface area (Å²) in [5.74, 6) is -0.839. The van der Waals surface area contributed by atoms with E-state index in [1.807, 2.05) is 13.8 Å². The molecule has 0 saturated carbocycles. The molecule has 0 aromatic heterocycles. The molecule has 0 radical (unpaired) electrons. The van der Waals surface area contributed by atoms with Crippen LogP contribution in [0.15, 0.2) is 24.3 Å². The fourth-order valence-corrected chi connectivity index (χ4v) is 2.34. The molecule has 2 N–H and O–H groups in total. The monoisotopic (exact) mass is 359 g/mol. The largest absolute Gasteiger partial charge is 0.418 e. The van der Waals surface area contributed by atoms with E-state index in [-0.39, 0.29) is 30.7 Å². The number of carbonyl (C=O) groups excluding carboxylic acids is 2. The highest BCUT2D eigenvalue weighted by Gasteiger charge is 2.33. The minimum Gasteiger partial charge on any atom is -0.352 e. The number of rotatable bonds is 8. The number of anilines is 1. The number of hydrogen-bond donors (Lipinski definition) is 2. The minimum atomic E-state index is -4.55. The number of benzene rings is 1. The highest BCUT2D eigenvalue weighted by molar-refractivity contribution is 5.93. The van der Waals surface area contributed by atoms with Gasteiger partial charge in [0, 0.05) is 6.04 Å². The van der Waals surface area contributed by atoms with Crippen molar-refractivity contribution in [3.63, 3.8) is 0 Å². The lowest BCUT2D eigenvalue weighted by Gasteiger charge is -2.20. The summed E-state index contributed by atoms with van der Waals surface area (Å²) in [6, 6.07) is 4.85. The lowest BCUT2D eigenvalue weighted by atomic mass is 10.1. The number of para-hydroxylation sites is 1. The van der Waals surface area contributed by atoms with Crippen molar-refractivity contribution in [2.45, 2.75) is 38.9 Å². The van der Waals surface area contributed by atoms with Gasteiger partial charge >= 0.3 is 6.18 Å². The maximum atomic E-state index is 12.9. The molecule has 5 nitrogen and oxygen atoms in total. The van der Waals surface area contributed by atoms with Gasteiger partial charge in [-0.1, -0.05) is 26.0 Å². The van der Waals surface area contributed by atoms with E-state index in [1.54, 1.807) is 7.05 Å². The molecule has 2 amide bonds. The van der Waals surface area contributed by atoms with Crippen LogP contribution in [0.25, 0.3) is 0 Å². The molecule has 0 aliphatic rings. The molecule has 0 fully saturated rings. The molecule has 0 aliphatic heterocycles. The molecule has 0 atom stereocenters. The van der Waals surface area contributed by atoms with Crippen LogP contribution in [-0.2, 0) is 15.8 Å². The Labute approximate surface area is 145 Å². The third-order valence-electron chi connectivity index (χ3n) is 3.68. The van der Waals surface area contributed by atoms with E-state index in [9.17, 15) is 22.8 Å². The molecule has 1 aromatic carbocycles. The molecule has 0 unspecified atom stereocenters. The maximum Gasteiger partial charge on any atom is 0.418 e. The van der Waals surface area contributed by atoms with Crippen molar-refractivity contribution in [1.29, 1.82) is 0 Å². The van der Waals surface area contributed by atoms with Crippen LogP contribution in [0, 0.1) is 0 Å². The summed E-state index contributed by atoms with van der Waals surface area (Å²) >= 11 is 0. The predicted molar refractivity (Wildman–Crippen MR) is 90.1 cm³/mol. The van der Waals surface area contributed by atoms with Gasteiger partial charge < -0.3 is 10.6 Å². The number of amides is 2. The number of nitrogens with zero attached hydrogens (tertiary/aromatic N) is 1. The Hall–Kier alpha value is -2.09. The van der Waals surface area contributed by atoms with Gasteiger partial charge in [0.2, 0.25) is 11.8 Å². The van der Waals surface area contributed by atoms with Gasteiger partial charge in [-0.3, -0.25) is 14.5 Å². The van der Waals surface area contributed by atoms with Crippen molar-refractivity contribution in [2.24, 2.45) is 0 Å². The zero-order valence-electron chi connectivity index (χ0n) is 14.6. The molecule has 8 heteroatoms. The van der Waals surface area contributed by atoms with E-state index in [0.29, 0.717) is 0 Å². The van der Waals surface area contributed by atoms with Crippen molar-refractivity contribution in [3.05, 3.63) is 29.8 Å². The highest BCUT2D eigenvalue weighted by atomic mass is 19.4. The fraction of sp³-hybridized carbons (Fsp3) is 0.529. The average Bonchev–Trinajstić information content (AvgIpc) is 2.51. The van der Waals surface area contributed by atoms with Gasteiger partial charge in [0.25, 0.3) is 0 Å². The molecule has 0 aliphatic carbocycles. The van der Waals surface area contributed by atoms with Crippen molar-refractivity contribution in [3.8, 4) is 0 Å². The Morgan fingerprint density at radius 2 is 1.64 bits per heavy atom. The summed E-state index contributed by atoms with van der Waals surface area (Å²) in [5, 5.41) is 5.09. The van der Waals surface area contributed by atoms with E-state index in [4.69, 9.17) is 0 Å². The van der Waals surface area contributed by atoms with Crippen LogP contribution in [0.5, 0.6) is 0 Å². The van der Waals surface area contributed by atoms with Crippen LogP contribution < -0.4 is 10.6 Å². The highest BCUT2D eigenvalue weighted by Crippen LogP contribution is 2.34. The SMILES string of the molecule is CCC(CC)NC(=O)CN(C)CC(=O)Nc1ccccc1C(F)(F)F. The zero-order chi connectivity index (χ0) is 19.0. The van der Waals surface area contributed by atoms with Gasteiger partial charge in [-0.25, -0.2) is 0 Å². The topological polar surface area (TPSA) is 61.4 Å². The van der Waals surface area contributed by atoms with Crippen molar-refractivity contribution < 1.29 is 22.8 Å². The van der Waals surface area contributed by atoms with Crippen LogP contribution in [0.4, 0.5) is 18.9 Å². The predicted octanol–water partition coefficient (Wildman–Crippen LogP) is 2.88. The summed E-state index contributed by atoms with van der Waals surface area (Å²) in [7, 11) is 1.56. The van der Waals surface area contributed by atoms with Crippen molar-refractivity contribution in [2.75, 3.05) is 25.5 Å². The van der Waals surface area contributed by atoms with Gasteiger partial charge in [-0.15, -0.1) is 0 Å². The molecule has 0 spiro atoms. The normalized spacial score (nSPS) is 11.7. The molecule has 0 heterocycles. The van der Waals surface area contributed by atoms with Gasteiger partial charge in [0.15, 0.2) is 0 Å². The summed E-state index contributed by atoms with van der Waals surface area (Å²) in [6.45, 7) is 3.72. The van der Waals surface area contributed by atoms with Crippen molar-refractivity contribution >= 4 is 17.5 Å². The summed E-state index contributed by atoms with van der Waals surface area (Å²) < 4.78 is 38.7. The molecule has 140 valence electrons. The first-order valence-corrected chi connectivity index (χ1v) is 8.11. The summed E-state index contributed by atoms with van der Waals surface area (Å²) in [4.78, 5) is 25.3. The van der Waals surface area contributed by atoms with Crippen LogP contribution in [0.2, 0.25) is 0 Å². The number of hydrogen-bond acceptors (Lipinski definition) is 3. The average molecular weight is 359 g/mol. The molecule has 25 heavy (non-hydrogen) atoms. The smallest absolute Gasteiger partial charge is 0.352 e. The number of nitrogens with one attached hydrogen (secondary N) is 2. The summed E-state index contributed by atoms with van der Waals surface area (Å²) in [5.41, 5.74) is -1.20. The molecule has 0 saturated heterocycles. The number of carbonyl (C=O) groups is 2. The first kappa shape index (κ1) is 21.0. The second-order valence-electron chi connectivity index (χ2n) is 5.84. The molecule has 1 aromatic rings. The van der Waals surface area contributed by atoms with E-state index < -0.39 is 17.6 Å². The fourth-order valence-electron chi connectivity index (χ4n) is 2.34. The van der Waals surface area contributed by atoms with Crippen molar-refractivity contribution in [1.82, 2.24) is 10.2 Å². The van der Waals surface area contributed by atoms with E-state index in [1.165, 1.54) is 23.1 Å². The Morgan fingerprint density at radius 1 is 1.08 bits per heavy atom. The Morgan fingerprint density at radius 3 is 2.20 bits per heavy atom. The van der Waals surface area contributed by atoms with Gasteiger partial charge in [0.05, 0.1) is 24.3 Å². The summed E-state index contributed by atoms with van der Waals surface area (Å²) in [6.07, 6.45) is -2.94. The maximum absolute atomic E-state index is 12.9. The van der Waals surface area contributed by atoms with E-state index in [0.717, 1.165) is 18.9 Å². The van der Waals surface area contributed by atoms with E-state index in [2.05, 4.69) is 10.6 Å². The standard InChI is InChI=1S/C17H24F3N3O2/c1-4-12(5-2)21-15(24)10-23(3)11-16(25)22-14-9-7-6-8-13(14)17(18,19)20/h6-9,12H,4-5,10-11H2,1-3H3,(H,21,24)(H,22,25). The molecule has 1 rings (SSSR count). The molecular weight excluding hydrogens is 335 g/mol. The lowest BCUT2D eigenvalue weighted by molar-refractivity contribution is -0.137. The third-order valence-corrected chi connectivity index (χ3v) is 3.68. The number of halogens is 3. The van der Waals surface area contributed by atoms with Crippen LogP contribution >= 0.6 is 0 Å². The lowest BCUT2D eigenvalue weighted by Crippen LogP contribution is -2.42. The van der Waals surface area contributed by atoms with Crippen LogP contribution in [0.1, 0.15) is 32.3 Å². The Balaban J connectivity index is 2.59. The second-order valence-corrected chi connectivity index (χ2v) is 5.84. The van der Waals surface area contributed by atoms with Crippen LogP contribution in [-0.4, -0.2) is 42.9 Å². The van der Waals surface area contributed by atoms with Gasteiger partial charge in [-0.05, 0) is 32.0 Å². The Bertz CT molecular complexity index is 587. The molecule has 0 bridgehead atoms. The van der Waals surface area contributed by atoms with E-state index >= 15 is 0 Å². The first-order valence-electron chi connectivity index (χ1n) is 8.11. The third kappa shape index (κ3) is 7.13. The Kier molecular flexibility index (Phi) is 7.89. The second kappa shape index (κ2) is 9.41. The van der Waals surface area contributed by atoms with Gasteiger partial charge in [0.1, 0.15) is 0 Å². The first-order chi connectivity index (χ1) is 11.7.